The molecule has 0 bridgehead atoms. The van der Waals surface area contributed by atoms with Crippen molar-refractivity contribution in [1.82, 2.24) is 15.2 Å². The fourth-order valence-corrected chi connectivity index (χ4v) is 1.98. The van der Waals surface area contributed by atoms with Gasteiger partial charge in [-0.1, -0.05) is 6.07 Å². The first kappa shape index (κ1) is 11.2. The van der Waals surface area contributed by atoms with Crippen molar-refractivity contribution in [3.05, 3.63) is 30.1 Å². The lowest BCUT2D eigenvalue weighted by atomic mass is 10.1. The Balaban J connectivity index is 1.93. The van der Waals surface area contributed by atoms with Gasteiger partial charge in [-0.05, 0) is 18.6 Å². The first-order chi connectivity index (χ1) is 7.75. The number of pyridine rings is 1. The van der Waals surface area contributed by atoms with Crippen LogP contribution >= 0.6 is 0 Å². The lowest BCUT2D eigenvalue weighted by Gasteiger charge is -2.32. The highest BCUT2D eigenvalue weighted by Gasteiger charge is 2.22. The molecule has 0 aliphatic carbocycles. The Morgan fingerprint density at radius 2 is 2.56 bits per heavy atom. The van der Waals surface area contributed by atoms with Crippen molar-refractivity contribution < 1.29 is 4.79 Å². The number of rotatable bonds is 3. The maximum absolute atomic E-state index is 11.3. The molecule has 1 aromatic rings. The Morgan fingerprint density at radius 3 is 3.25 bits per heavy atom. The van der Waals surface area contributed by atoms with Crippen molar-refractivity contribution in [2.45, 2.75) is 19.5 Å². The molecule has 4 nitrogen and oxygen atoms in total. The molecule has 1 aliphatic heterocycles. The molecule has 2 rings (SSSR count). The molecule has 0 aromatic carbocycles. The van der Waals surface area contributed by atoms with E-state index in [2.05, 4.69) is 21.3 Å². The van der Waals surface area contributed by atoms with Crippen LogP contribution in [0.3, 0.4) is 0 Å². The molecule has 0 radical (unpaired) electrons. The summed E-state index contributed by atoms with van der Waals surface area (Å²) in [5.41, 5.74) is 1.20. The zero-order valence-corrected chi connectivity index (χ0v) is 9.52. The average molecular weight is 219 g/mol. The van der Waals surface area contributed by atoms with Crippen LogP contribution in [0.1, 0.15) is 12.5 Å². The van der Waals surface area contributed by atoms with E-state index in [1.165, 1.54) is 5.56 Å². The summed E-state index contributed by atoms with van der Waals surface area (Å²) in [5, 5.41) is 3.23. The third-order valence-electron chi connectivity index (χ3n) is 2.88. The Morgan fingerprint density at radius 1 is 1.69 bits per heavy atom. The van der Waals surface area contributed by atoms with Gasteiger partial charge in [-0.15, -0.1) is 0 Å². The van der Waals surface area contributed by atoms with Crippen molar-refractivity contribution >= 4 is 5.78 Å². The number of ketones is 1. The molecule has 1 N–H and O–H groups in total. The molecule has 1 aliphatic rings. The third-order valence-corrected chi connectivity index (χ3v) is 2.88. The quantitative estimate of drug-likeness (QED) is 0.801. The summed E-state index contributed by atoms with van der Waals surface area (Å²) in [7, 11) is 0. The number of piperazine rings is 1. The third kappa shape index (κ3) is 2.87. The molecule has 1 atom stereocenters. The van der Waals surface area contributed by atoms with E-state index in [4.69, 9.17) is 0 Å². The van der Waals surface area contributed by atoms with Gasteiger partial charge in [0, 0.05) is 38.6 Å². The van der Waals surface area contributed by atoms with Gasteiger partial charge in [-0.2, -0.15) is 0 Å². The topological polar surface area (TPSA) is 45.2 Å². The summed E-state index contributed by atoms with van der Waals surface area (Å²) in [6.07, 6.45) is 3.66. The van der Waals surface area contributed by atoms with Gasteiger partial charge in [0.15, 0.2) is 0 Å². The molecule has 0 amide bonds. The van der Waals surface area contributed by atoms with Gasteiger partial charge in [0.2, 0.25) is 0 Å². The van der Waals surface area contributed by atoms with Crippen LogP contribution in [0.25, 0.3) is 0 Å². The number of carbonyl (C=O) groups is 1. The molecule has 1 saturated heterocycles. The molecule has 86 valence electrons. The lowest BCUT2D eigenvalue weighted by Crippen LogP contribution is -2.53. The second-order valence-corrected chi connectivity index (χ2v) is 4.21. The maximum Gasteiger partial charge on any atom is 0.147 e. The minimum absolute atomic E-state index is 0.00887. The second kappa shape index (κ2) is 5.18. The minimum atomic E-state index is -0.00887. The highest BCUT2D eigenvalue weighted by Crippen LogP contribution is 2.06. The average Bonchev–Trinajstić information content (AvgIpc) is 2.30. The number of hydrogen-bond acceptors (Lipinski definition) is 4. The highest BCUT2D eigenvalue weighted by molar-refractivity contribution is 5.81. The largest absolute Gasteiger partial charge is 0.305 e. The predicted molar refractivity (Wildman–Crippen MR) is 62.0 cm³/mol. The molecular formula is C12H17N3O. The van der Waals surface area contributed by atoms with Crippen molar-refractivity contribution in [2.24, 2.45) is 0 Å². The molecule has 4 heteroatoms. The van der Waals surface area contributed by atoms with Crippen molar-refractivity contribution in [3.8, 4) is 0 Å². The van der Waals surface area contributed by atoms with E-state index < -0.39 is 0 Å². The van der Waals surface area contributed by atoms with Crippen LogP contribution in [0, 0.1) is 0 Å². The molecule has 1 aromatic heterocycles. The SMILES string of the molecule is CC(=O)[C@@H]1CN(Cc2cccnc2)CCN1. The van der Waals surface area contributed by atoms with Gasteiger partial charge < -0.3 is 5.32 Å². The monoisotopic (exact) mass is 219 g/mol. The molecule has 16 heavy (non-hydrogen) atoms. The lowest BCUT2D eigenvalue weighted by molar-refractivity contribution is -0.120. The van der Waals surface area contributed by atoms with Gasteiger partial charge in [-0.3, -0.25) is 14.7 Å². The Bertz CT molecular complexity index is 353. The minimum Gasteiger partial charge on any atom is -0.305 e. The van der Waals surface area contributed by atoms with Gasteiger partial charge in [0.1, 0.15) is 5.78 Å². The van der Waals surface area contributed by atoms with Crippen LogP contribution in [0.2, 0.25) is 0 Å². The second-order valence-electron chi connectivity index (χ2n) is 4.21. The summed E-state index contributed by atoms with van der Waals surface area (Å²) < 4.78 is 0. The predicted octanol–water partition coefficient (Wildman–Crippen LogP) is 0.444. The number of hydrogen-bond donors (Lipinski definition) is 1. The van der Waals surface area contributed by atoms with E-state index in [0.717, 1.165) is 26.2 Å². The Kier molecular flexibility index (Phi) is 3.64. The smallest absolute Gasteiger partial charge is 0.147 e. The fourth-order valence-electron chi connectivity index (χ4n) is 1.98. The normalized spacial score (nSPS) is 21.9. The number of nitrogens with one attached hydrogen (secondary N) is 1. The van der Waals surface area contributed by atoms with Crippen LogP contribution in [-0.2, 0) is 11.3 Å². The van der Waals surface area contributed by atoms with E-state index in [1.807, 2.05) is 12.3 Å². The van der Waals surface area contributed by atoms with Gasteiger partial charge in [-0.25, -0.2) is 0 Å². The Labute approximate surface area is 95.7 Å². The molecule has 0 saturated carbocycles. The summed E-state index contributed by atoms with van der Waals surface area (Å²) >= 11 is 0. The van der Waals surface area contributed by atoms with Crippen molar-refractivity contribution in [3.63, 3.8) is 0 Å². The van der Waals surface area contributed by atoms with Crippen LogP contribution in [0.15, 0.2) is 24.5 Å². The molecule has 1 fully saturated rings. The van der Waals surface area contributed by atoms with Gasteiger partial charge >= 0.3 is 0 Å². The molecule has 2 heterocycles. The van der Waals surface area contributed by atoms with Crippen molar-refractivity contribution in [2.75, 3.05) is 19.6 Å². The van der Waals surface area contributed by atoms with Crippen LogP contribution in [0.5, 0.6) is 0 Å². The van der Waals surface area contributed by atoms with E-state index in [0.29, 0.717) is 0 Å². The summed E-state index contributed by atoms with van der Waals surface area (Å²) in [6.45, 7) is 5.18. The molecular weight excluding hydrogens is 202 g/mol. The zero-order valence-electron chi connectivity index (χ0n) is 9.52. The summed E-state index contributed by atoms with van der Waals surface area (Å²) in [4.78, 5) is 17.7. The zero-order chi connectivity index (χ0) is 11.4. The van der Waals surface area contributed by atoms with E-state index in [-0.39, 0.29) is 11.8 Å². The highest BCUT2D eigenvalue weighted by atomic mass is 16.1. The standard InChI is InChI=1S/C12H17N3O/c1-10(16)12-9-15(6-5-14-12)8-11-3-2-4-13-7-11/h2-4,7,12,14H,5-6,8-9H2,1H3/t12-/m0/s1. The van der Waals surface area contributed by atoms with Crippen molar-refractivity contribution in [1.29, 1.82) is 0 Å². The van der Waals surface area contributed by atoms with Crippen LogP contribution in [0.4, 0.5) is 0 Å². The van der Waals surface area contributed by atoms with Gasteiger partial charge in [0.25, 0.3) is 0 Å². The number of Topliss-reactive ketones (excluding diaryl/α,β-unsaturated/α-hetero) is 1. The van der Waals surface area contributed by atoms with E-state index >= 15 is 0 Å². The van der Waals surface area contributed by atoms with E-state index in [9.17, 15) is 4.79 Å². The molecule has 0 spiro atoms. The van der Waals surface area contributed by atoms with E-state index in [1.54, 1.807) is 13.1 Å². The van der Waals surface area contributed by atoms with Crippen LogP contribution in [-0.4, -0.2) is 41.3 Å². The van der Waals surface area contributed by atoms with Gasteiger partial charge in [0.05, 0.1) is 6.04 Å². The maximum atomic E-state index is 11.3. The number of nitrogens with zero attached hydrogens (tertiary/aromatic N) is 2. The Hall–Kier alpha value is -1.26. The summed E-state index contributed by atoms with van der Waals surface area (Å²) in [5.74, 6) is 0.218. The fraction of sp³-hybridized carbons (Fsp3) is 0.500. The molecule has 0 unspecified atom stereocenters. The first-order valence-electron chi connectivity index (χ1n) is 5.61. The first-order valence-corrected chi connectivity index (χ1v) is 5.61. The number of carbonyl (C=O) groups excluding carboxylic acids is 1. The summed E-state index contributed by atoms with van der Waals surface area (Å²) in [6, 6.07) is 4.00. The van der Waals surface area contributed by atoms with Crippen LogP contribution < -0.4 is 5.32 Å². The number of aromatic nitrogens is 1.